The largest absolute Gasteiger partial charge is 0.378 e. The third-order valence-corrected chi connectivity index (χ3v) is 7.00. The minimum absolute atomic E-state index is 0.0899. The van der Waals surface area contributed by atoms with Gasteiger partial charge in [0.1, 0.15) is 0 Å². The van der Waals surface area contributed by atoms with Gasteiger partial charge in [0, 0.05) is 63.7 Å². The highest BCUT2D eigenvalue weighted by Gasteiger charge is 2.30. The summed E-state index contributed by atoms with van der Waals surface area (Å²) in [7, 11) is 1.96. The lowest BCUT2D eigenvalue weighted by atomic mass is 9.91. The zero-order valence-electron chi connectivity index (χ0n) is 19.1. The van der Waals surface area contributed by atoms with E-state index in [1.54, 1.807) is 0 Å². The second kappa shape index (κ2) is 9.57. The topological polar surface area (TPSA) is 76.4 Å². The molecule has 0 N–H and O–H groups in total. The smallest absolute Gasteiger partial charge is 0.225 e. The first-order valence-electron chi connectivity index (χ1n) is 12.2. The van der Waals surface area contributed by atoms with Gasteiger partial charge in [0.25, 0.3) is 0 Å². The molecule has 172 valence electrons. The van der Waals surface area contributed by atoms with Crippen LogP contribution in [-0.2, 0) is 16.6 Å². The summed E-state index contributed by atoms with van der Waals surface area (Å²) in [6, 6.07) is 1.98. The molecule has 0 aromatic carbocycles. The van der Waals surface area contributed by atoms with E-state index in [2.05, 4.69) is 16.1 Å². The fraction of sp³-hybridized carbons (Fsp3) is 0.667. The molecule has 3 fully saturated rings. The van der Waals surface area contributed by atoms with Gasteiger partial charge in [-0.05, 0) is 51.0 Å². The molecular weight excluding hydrogens is 404 g/mol. The predicted molar refractivity (Wildman–Crippen MR) is 122 cm³/mol. The van der Waals surface area contributed by atoms with Gasteiger partial charge >= 0.3 is 0 Å². The summed E-state index contributed by atoms with van der Waals surface area (Å²) >= 11 is 0. The summed E-state index contributed by atoms with van der Waals surface area (Å²) in [5, 5.41) is 4.83. The van der Waals surface area contributed by atoms with E-state index >= 15 is 0 Å². The summed E-state index contributed by atoms with van der Waals surface area (Å²) in [6.07, 6.45) is 12.2. The Morgan fingerprint density at radius 1 is 1.12 bits per heavy atom. The molecule has 32 heavy (non-hydrogen) atoms. The lowest BCUT2D eigenvalue weighted by Crippen LogP contribution is -2.41. The molecule has 3 aliphatic rings. The Balaban J connectivity index is 1.33. The van der Waals surface area contributed by atoms with E-state index in [4.69, 9.17) is 14.8 Å². The van der Waals surface area contributed by atoms with Crippen molar-refractivity contribution in [2.24, 2.45) is 7.05 Å². The van der Waals surface area contributed by atoms with Gasteiger partial charge in [-0.2, -0.15) is 5.10 Å². The van der Waals surface area contributed by atoms with Crippen molar-refractivity contribution in [3.8, 4) is 11.3 Å². The summed E-state index contributed by atoms with van der Waals surface area (Å²) in [5.74, 6) is 1.25. The van der Waals surface area contributed by atoms with Crippen LogP contribution in [0.1, 0.15) is 63.0 Å². The van der Waals surface area contributed by atoms with Crippen molar-refractivity contribution in [1.82, 2.24) is 24.6 Å². The maximum atomic E-state index is 13.0. The van der Waals surface area contributed by atoms with Gasteiger partial charge in [-0.1, -0.05) is 0 Å². The molecule has 0 radical (unpaired) electrons. The number of rotatable bonds is 5. The number of piperidine rings is 1. The first kappa shape index (κ1) is 21.4. The van der Waals surface area contributed by atoms with E-state index in [-0.39, 0.29) is 17.9 Å². The fourth-order valence-electron chi connectivity index (χ4n) is 5.29. The zero-order valence-corrected chi connectivity index (χ0v) is 19.1. The number of anilines is 1. The van der Waals surface area contributed by atoms with E-state index in [9.17, 15) is 4.79 Å². The van der Waals surface area contributed by atoms with Gasteiger partial charge in [-0.3, -0.25) is 9.48 Å². The molecule has 0 saturated carbocycles. The highest BCUT2D eigenvalue weighted by Crippen LogP contribution is 2.34. The zero-order chi connectivity index (χ0) is 21.9. The Morgan fingerprint density at radius 2 is 2.00 bits per heavy atom. The average Bonchev–Trinajstić information content (AvgIpc) is 3.50. The number of amides is 1. The van der Waals surface area contributed by atoms with E-state index in [1.165, 1.54) is 12.8 Å². The Kier molecular flexibility index (Phi) is 6.39. The first-order valence-corrected chi connectivity index (χ1v) is 12.2. The highest BCUT2D eigenvalue weighted by atomic mass is 16.5. The molecule has 2 aromatic rings. The average molecular weight is 439 g/mol. The Morgan fingerprint density at radius 3 is 2.81 bits per heavy atom. The van der Waals surface area contributed by atoms with E-state index in [0.717, 1.165) is 87.8 Å². The molecule has 8 nitrogen and oxygen atoms in total. The maximum Gasteiger partial charge on any atom is 0.225 e. The van der Waals surface area contributed by atoms with Crippen LogP contribution in [0.15, 0.2) is 18.5 Å². The molecule has 0 spiro atoms. The second-order valence-corrected chi connectivity index (χ2v) is 9.41. The van der Waals surface area contributed by atoms with Gasteiger partial charge in [0.2, 0.25) is 11.9 Å². The molecule has 5 rings (SSSR count). The van der Waals surface area contributed by atoms with Crippen molar-refractivity contribution in [2.75, 3.05) is 37.7 Å². The fourth-order valence-corrected chi connectivity index (χ4v) is 5.29. The number of ether oxygens (including phenoxy) is 1. The van der Waals surface area contributed by atoms with E-state index in [1.807, 2.05) is 28.9 Å². The number of carbonyl (C=O) groups is 1. The van der Waals surface area contributed by atoms with Crippen LogP contribution >= 0.6 is 0 Å². The highest BCUT2D eigenvalue weighted by molar-refractivity contribution is 5.77. The SMILES string of the molecule is Cn1cc(-c2ccnc(N3CCCC3)n2)c([C@@H]2CCCN(C(=O)C[C@H]3CCCCO3)C2)n1. The number of nitrogens with zero attached hydrogens (tertiary/aromatic N) is 6. The molecule has 0 aliphatic carbocycles. The maximum absolute atomic E-state index is 13.0. The predicted octanol–water partition coefficient (Wildman–Crippen LogP) is 3.14. The Bertz CT molecular complexity index is 932. The molecule has 0 unspecified atom stereocenters. The molecular formula is C24H34N6O2. The van der Waals surface area contributed by atoms with Crippen LogP contribution in [0.2, 0.25) is 0 Å². The summed E-state index contributed by atoms with van der Waals surface area (Å²) < 4.78 is 7.68. The minimum atomic E-state index is 0.0899. The van der Waals surface area contributed by atoms with Crippen LogP contribution in [0.25, 0.3) is 11.3 Å². The van der Waals surface area contributed by atoms with Gasteiger partial charge in [0.05, 0.1) is 23.9 Å². The number of aromatic nitrogens is 4. The number of likely N-dealkylation sites (tertiary alicyclic amines) is 1. The lowest BCUT2D eigenvalue weighted by molar-refractivity contribution is -0.136. The van der Waals surface area contributed by atoms with Crippen molar-refractivity contribution in [3.63, 3.8) is 0 Å². The van der Waals surface area contributed by atoms with Crippen LogP contribution in [-0.4, -0.2) is 69.4 Å². The first-order chi connectivity index (χ1) is 15.7. The summed E-state index contributed by atoms with van der Waals surface area (Å²) in [5.41, 5.74) is 3.03. The molecule has 2 aromatic heterocycles. The van der Waals surface area contributed by atoms with Crippen LogP contribution in [0, 0.1) is 0 Å². The Hall–Kier alpha value is -2.48. The molecule has 1 amide bonds. The minimum Gasteiger partial charge on any atom is -0.378 e. The monoisotopic (exact) mass is 438 g/mol. The van der Waals surface area contributed by atoms with Crippen LogP contribution in [0.5, 0.6) is 0 Å². The molecule has 2 atom stereocenters. The summed E-state index contributed by atoms with van der Waals surface area (Å²) in [6.45, 7) is 4.38. The second-order valence-electron chi connectivity index (χ2n) is 9.41. The number of hydrogen-bond acceptors (Lipinski definition) is 6. The Labute approximate surface area is 190 Å². The third-order valence-electron chi connectivity index (χ3n) is 7.00. The van der Waals surface area contributed by atoms with E-state index in [0.29, 0.717) is 6.42 Å². The van der Waals surface area contributed by atoms with Gasteiger partial charge in [-0.15, -0.1) is 0 Å². The molecule has 3 aliphatic heterocycles. The van der Waals surface area contributed by atoms with Gasteiger partial charge < -0.3 is 14.5 Å². The standard InChI is InChI=1S/C24H34N6O2/c1-28-17-20(21-9-10-25-24(26-21)29-11-3-4-12-29)23(27-28)18-7-6-13-30(16-18)22(31)15-19-8-2-5-14-32-19/h9-10,17-19H,2-8,11-16H2,1H3/t18-,19-/m1/s1. The summed E-state index contributed by atoms with van der Waals surface area (Å²) in [4.78, 5) is 26.7. The molecule has 3 saturated heterocycles. The third kappa shape index (κ3) is 4.65. The van der Waals surface area contributed by atoms with Crippen molar-refractivity contribution >= 4 is 11.9 Å². The normalized spacial score (nSPS) is 24.2. The van der Waals surface area contributed by atoms with Crippen molar-refractivity contribution in [3.05, 3.63) is 24.2 Å². The molecule has 5 heterocycles. The van der Waals surface area contributed by atoms with Gasteiger partial charge in [-0.25, -0.2) is 9.97 Å². The quantitative estimate of drug-likeness (QED) is 0.714. The van der Waals surface area contributed by atoms with Crippen LogP contribution in [0.3, 0.4) is 0 Å². The molecule has 0 bridgehead atoms. The van der Waals surface area contributed by atoms with Crippen molar-refractivity contribution in [2.45, 2.75) is 63.4 Å². The van der Waals surface area contributed by atoms with Crippen LogP contribution in [0.4, 0.5) is 5.95 Å². The number of carbonyl (C=O) groups excluding carboxylic acids is 1. The number of hydrogen-bond donors (Lipinski definition) is 0. The molecule has 8 heteroatoms. The lowest BCUT2D eigenvalue weighted by Gasteiger charge is -2.34. The number of aryl methyl sites for hydroxylation is 1. The van der Waals surface area contributed by atoms with Crippen LogP contribution < -0.4 is 4.90 Å². The van der Waals surface area contributed by atoms with Gasteiger partial charge in [0.15, 0.2) is 0 Å². The van der Waals surface area contributed by atoms with E-state index < -0.39 is 0 Å². The van der Waals surface area contributed by atoms with Crippen molar-refractivity contribution in [1.29, 1.82) is 0 Å². The van der Waals surface area contributed by atoms with Crippen molar-refractivity contribution < 1.29 is 9.53 Å².